The summed E-state index contributed by atoms with van der Waals surface area (Å²) in [5.41, 5.74) is 2.09. The van der Waals surface area contributed by atoms with Gasteiger partial charge in [-0.25, -0.2) is 4.98 Å². The number of benzene rings is 2. The van der Waals surface area contributed by atoms with Crippen LogP contribution in [-0.4, -0.2) is 31.2 Å². The number of ether oxygens (including phenoxy) is 1. The lowest BCUT2D eigenvalue weighted by molar-refractivity contribution is 0.340. The highest BCUT2D eigenvalue weighted by Crippen LogP contribution is 2.17. The van der Waals surface area contributed by atoms with Crippen LogP contribution in [0.5, 0.6) is 5.75 Å². The molecule has 136 valence electrons. The van der Waals surface area contributed by atoms with E-state index >= 15 is 0 Å². The second-order valence-electron chi connectivity index (χ2n) is 5.90. The third-order valence-corrected chi connectivity index (χ3v) is 4.34. The van der Waals surface area contributed by atoms with Gasteiger partial charge in [-0.1, -0.05) is 28.9 Å². The van der Waals surface area contributed by atoms with Crippen molar-refractivity contribution in [1.29, 1.82) is 0 Å². The van der Waals surface area contributed by atoms with Crippen LogP contribution >= 0.6 is 11.6 Å². The smallest absolute Gasteiger partial charge is 0.283 e. The fourth-order valence-electron chi connectivity index (χ4n) is 2.77. The minimum atomic E-state index is -0.243. The molecule has 27 heavy (non-hydrogen) atoms. The van der Waals surface area contributed by atoms with Gasteiger partial charge in [-0.05, 0) is 48.9 Å². The van der Waals surface area contributed by atoms with Crippen molar-refractivity contribution in [3.63, 3.8) is 0 Å². The van der Waals surface area contributed by atoms with Crippen LogP contribution in [-0.2, 0) is 6.54 Å². The van der Waals surface area contributed by atoms with Crippen LogP contribution in [0.25, 0.3) is 16.9 Å². The van der Waals surface area contributed by atoms with E-state index in [1.54, 1.807) is 16.8 Å². The molecule has 2 aromatic carbocycles. The van der Waals surface area contributed by atoms with Gasteiger partial charge in [0, 0.05) is 5.02 Å². The normalized spacial score (nSPS) is 11.0. The molecule has 0 aliphatic heterocycles. The van der Waals surface area contributed by atoms with Crippen LogP contribution < -0.4 is 10.3 Å². The topological polar surface area (TPSA) is 74.8 Å². The van der Waals surface area contributed by atoms with Crippen molar-refractivity contribution in [2.75, 3.05) is 6.61 Å². The molecule has 0 aliphatic carbocycles. The molecule has 0 unspecified atom stereocenters. The zero-order valence-corrected chi connectivity index (χ0v) is 15.3. The molecule has 0 aliphatic rings. The molecule has 4 aromatic rings. The van der Waals surface area contributed by atoms with Crippen molar-refractivity contribution in [3.05, 3.63) is 75.8 Å². The number of nitrogens with zero attached hydrogens (tertiary/aromatic N) is 5. The van der Waals surface area contributed by atoms with E-state index in [-0.39, 0.29) is 11.1 Å². The molecule has 0 bridgehead atoms. The maximum Gasteiger partial charge on any atom is 0.283 e. The number of hydrogen-bond donors (Lipinski definition) is 0. The summed E-state index contributed by atoms with van der Waals surface area (Å²) in [6, 6.07) is 14.7. The molecule has 0 saturated carbocycles. The van der Waals surface area contributed by atoms with Crippen molar-refractivity contribution in [1.82, 2.24) is 24.5 Å². The molecule has 0 saturated heterocycles. The molecule has 2 aromatic heterocycles. The first-order valence-electron chi connectivity index (χ1n) is 8.44. The molecule has 0 amide bonds. The highest BCUT2D eigenvalue weighted by molar-refractivity contribution is 6.30. The van der Waals surface area contributed by atoms with Crippen LogP contribution in [0, 0.1) is 0 Å². The Kier molecular flexibility index (Phi) is 4.60. The first kappa shape index (κ1) is 17.2. The number of hydrogen-bond acceptors (Lipinski definition) is 5. The van der Waals surface area contributed by atoms with Gasteiger partial charge in [0.2, 0.25) is 0 Å². The maximum atomic E-state index is 12.7. The van der Waals surface area contributed by atoms with E-state index < -0.39 is 0 Å². The van der Waals surface area contributed by atoms with E-state index in [1.807, 2.05) is 43.3 Å². The molecule has 2 heterocycles. The Morgan fingerprint density at radius 3 is 2.52 bits per heavy atom. The predicted octanol–water partition coefficient (Wildman–Crippen LogP) is 3.08. The van der Waals surface area contributed by atoms with Crippen molar-refractivity contribution in [2.45, 2.75) is 13.5 Å². The second kappa shape index (κ2) is 7.20. The Hall–Kier alpha value is -3.19. The molecule has 0 N–H and O–H groups in total. The molecule has 8 heteroatoms. The number of halogens is 1. The Labute approximate surface area is 159 Å². The third-order valence-electron chi connectivity index (χ3n) is 4.09. The van der Waals surface area contributed by atoms with Gasteiger partial charge in [0.25, 0.3) is 5.56 Å². The largest absolute Gasteiger partial charge is 0.494 e. The Bertz CT molecular complexity index is 1130. The van der Waals surface area contributed by atoms with Crippen LogP contribution in [0.4, 0.5) is 0 Å². The quantitative estimate of drug-likeness (QED) is 0.531. The minimum Gasteiger partial charge on any atom is -0.494 e. The summed E-state index contributed by atoms with van der Waals surface area (Å²) in [7, 11) is 0. The monoisotopic (exact) mass is 381 g/mol. The lowest BCUT2D eigenvalue weighted by atomic mass is 10.2. The van der Waals surface area contributed by atoms with Gasteiger partial charge >= 0.3 is 0 Å². The van der Waals surface area contributed by atoms with Gasteiger partial charge in [-0.3, -0.25) is 9.36 Å². The fourth-order valence-corrected chi connectivity index (χ4v) is 2.89. The van der Waals surface area contributed by atoms with Crippen LogP contribution in [0.3, 0.4) is 0 Å². The molecule has 7 nitrogen and oxygen atoms in total. The summed E-state index contributed by atoms with van der Waals surface area (Å²) in [5, 5.41) is 8.78. The molecule has 0 atom stereocenters. The fraction of sp³-hybridized carbons (Fsp3) is 0.158. The van der Waals surface area contributed by atoms with E-state index in [1.165, 1.54) is 10.9 Å². The van der Waals surface area contributed by atoms with Crippen molar-refractivity contribution in [3.8, 4) is 11.4 Å². The Morgan fingerprint density at radius 2 is 1.81 bits per heavy atom. The Morgan fingerprint density at radius 1 is 1.07 bits per heavy atom. The molecular formula is C19H16ClN5O2. The molecule has 4 rings (SSSR count). The third kappa shape index (κ3) is 3.41. The summed E-state index contributed by atoms with van der Waals surface area (Å²) in [5.74, 6) is 0.768. The van der Waals surface area contributed by atoms with Crippen molar-refractivity contribution < 1.29 is 4.74 Å². The van der Waals surface area contributed by atoms with E-state index in [2.05, 4.69) is 15.3 Å². The SMILES string of the molecule is CCOc1ccc(-n2nnc3c(=O)n(Cc4ccc(Cl)cc4)cnc32)cc1. The average Bonchev–Trinajstić information content (AvgIpc) is 3.11. The minimum absolute atomic E-state index is 0.223. The van der Waals surface area contributed by atoms with Gasteiger partial charge < -0.3 is 4.74 Å². The Balaban J connectivity index is 1.69. The van der Waals surface area contributed by atoms with E-state index in [9.17, 15) is 4.79 Å². The second-order valence-corrected chi connectivity index (χ2v) is 6.34. The van der Waals surface area contributed by atoms with Crippen LogP contribution in [0.15, 0.2) is 59.7 Å². The predicted molar refractivity (Wildman–Crippen MR) is 103 cm³/mol. The highest BCUT2D eigenvalue weighted by Gasteiger charge is 2.13. The summed E-state index contributed by atoms with van der Waals surface area (Å²) in [6.07, 6.45) is 1.51. The van der Waals surface area contributed by atoms with Gasteiger partial charge in [-0.2, -0.15) is 4.68 Å². The summed E-state index contributed by atoms with van der Waals surface area (Å²) in [4.78, 5) is 17.1. The van der Waals surface area contributed by atoms with Crippen molar-refractivity contribution >= 4 is 22.8 Å². The molecular weight excluding hydrogens is 366 g/mol. The summed E-state index contributed by atoms with van der Waals surface area (Å²) in [6.45, 7) is 2.91. The standard InChI is InChI=1S/C19H16ClN5O2/c1-2-27-16-9-7-15(8-10-16)25-18-17(22-23-25)19(26)24(12-21-18)11-13-3-5-14(20)6-4-13/h3-10,12H,2,11H2,1H3. The summed E-state index contributed by atoms with van der Waals surface area (Å²) < 4.78 is 8.49. The van der Waals surface area contributed by atoms with Gasteiger partial charge in [-0.15, -0.1) is 5.10 Å². The van der Waals surface area contributed by atoms with Crippen molar-refractivity contribution in [2.24, 2.45) is 0 Å². The number of fused-ring (bicyclic) bond motifs is 1. The van der Waals surface area contributed by atoms with E-state index in [0.717, 1.165) is 17.0 Å². The van der Waals surface area contributed by atoms with Gasteiger partial charge in [0.15, 0.2) is 11.2 Å². The van der Waals surface area contributed by atoms with Gasteiger partial charge in [0.1, 0.15) is 12.1 Å². The molecule has 0 radical (unpaired) electrons. The molecule has 0 fully saturated rings. The zero-order valence-electron chi connectivity index (χ0n) is 14.5. The maximum absolute atomic E-state index is 12.7. The lowest BCUT2D eigenvalue weighted by Gasteiger charge is -2.07. The van der Waals surface area contributed by atoms with E-state index in [0.29, 0.717) is 23.8 Å². The summed E-state index contributed by atoms with van der Waals surface area (Å²) >= 11 is 5.90. The average molecular weight is 382 g/mol. The number of aromatic nitrogens is 5. The molecule has 0 spiro atoms. The first-order valence-corrected chi connectivity index (χ1v) is 8.82. The van der Waals surface area contributed by atoms with Crippen LogP contribution in [0.1, 0.15) is 12.5 Å². The van der Waals surface area contributed by atoms with Gasteiger partial charge in [0.05, 0.1) is 18.8 Å². The lowest BCUT2D eigenvalue weighted by Crippen LogP contribution is -2.21. The number of rotatable bonds is 5. The first-order chi connectivity index (χ1) is 13.2. The van der Waals surface area contributed by atoms with Crippen LogP contribution in [0.2, 0.25) is 5.02 Å². The zero-order chi connectivity index (χ0) is 18.8. The van der Waals surface area contributed by atoms with E-state index in [4.69, 9.17) is 16.3 Å². The highest BCUT2D eigenvalue weighted by atomic mass is 35.5.